The van der Waals surface area contributed by atoms with Crippen LogP contribution in [0.25, 0.3) is 0 Å². The van der Waals surface area contributed by atoms with Crippen LogP contribution in [0.3, 0.4) is 0 Å². The highest BCUT2D eigenvalue weighted by Gasteiger charge is 2.72. The van der Waals surface area contributed by atoms with Gasteiger partial charge in [0.05, 0.1) is 17.6 Å². The van der Waals surface area contributed by atoms with E-state index in [0.29, 0.717) is 0 Å². The Morgan fingerprint density at radius 2 is 1.69 bits per heavy atom. The molecule has 0 unspecified atom stereocenters. The first-order valence-electron chi connectivity index (χ1n) is 17.6. The van der Waals surface area contributed by atoms with E-state index in [1.165, 1.54) is 11.1 Å². The third kappa shape index (κ3) is 4.79. The molecule has 0 radical (unpaired) electrons. The van der Waals surface area contributed by atoms with E-state index in [-0.39, 0.29) is 70.1 Å². The standard InChI is InChI=1S/C40H48O7S/c1-9-31-30-19-29-23(6)28(20-32(29)45-35(30)36-37-39(7,38(42)46-36)17-16-34(41)40(31,37)8)24-10-13-26(14-11-24)47-48(43,44)33-15-12-25(21(2)3)18-27(33)22(4)5/h10-18,21-22,28,30-32,35-37H,9,19-20H2,1-8H3/t28-,30-,31-,32-,35-,36-,37-,39+,40-/m0/s1. The molecule has 0 spiro atoms. The maximum atomic E-state index is 13.6. The smallest absolute Gasteiger partial charge is 0.339 e. The lowest BCUT2D eigenvalue weighted by atomic mass is 9.45. The predicted molar refractivity (Wildman–Crippen MR) is 183 cm³/mol. The van der Waals surface area contributed by atoms with E-state index in [0.717, 1.165) is 36.0 Å². The molecule has 9 atom stereocenters. The minimum atomic E-state index is -4.04. The van der Waals surface area contributed by atoms with Gasteiger partial charge in [0.15, 0.2) is 5.78 Å². The van der Waals surface area contributed by atoms with Gasteiger partial charge in [-0.2, -0.15) is 8.42 Å². The minimum Gasteiger partial charge on any atom is -0.459 e. The van der Waals surface area contributed by atoms with Gasteiger partial charge < -0.3 is 13.7 Å². The van der Waals surface area contributed by atoms with E-state index in [2.05, 4.69) is 34.6 Å². The van der Waals surface area contributed by atoms with E-state index in [4.69, 9.17) is 13.7 Å². The molecule has 256 valence electrons. The molecule has 3 fully saturated rings. The van der Waals surface area contributed by atoms with Crippen LogP contribution >= 0.6 is 0 Å². The third-order valence-corrected chi connectivity index (χ3v) is 13.9. The number of carbonyl (C=O) groups is 2. The molecule has 2 aromatic rings. The van der Waals surface area contributed by atoms with Crippen molar-refractivity contribution in [2.75, 3.05) is 0 Å². The lowest BCUT2D eigenvalue weighted by Crippen LogP contribution is -2.64. The number of ether oxygens (including phenoxy) is 2. The zero-order valence-electron chi connectivity index (χ0n) is 29.3. The molecule has 3 aliphatic carbocycles. The molecule has 0 aromatic heterocycles. The quantitative estimate of drug-likeness (QED) is 0.167. The molecule has 2 heterocycles. The van der Waals surface area contributed by atoms with Crippen molar-refractivity contribution in [1.82, 2.24) is 0 Å². The van der Waals surface area contributed by atoms with Crippen molar-refractivity contribution in [3.8, 4) is 5.75 Å². The topological polar surface area (TPSA) is 96.0 Å². The number of fused-ring (bicyclic) bond motifs is 3. The van der Waals surface area contributed by atoms with Crippen LogP contribution in [-0.2, 0) is 29.2 Å². The highest BCUT2D eigenvalue weighted by Crippen LogP contribution is 2.65. The third-order valence-electron chi connectivity index (χ3n) is 12.6. The Balaban J connectivity index is 1.14. The molecule has 7 nitrogen and oxygen atoms in total. The first kappa shape index (κ1) is 33.3. The molecule has 1 saturated carbocycles. The fraction of sp³-hybridized carbons (Fsp3) is 0.550. The number of rotatable bonds is 7. The summed E-state index contributed by atoms with van der Waals surface area (Å²) in [5.74, 6) is 0.398. The van der Waals surface area contributed by atoms with Crippen molar-refractivity contribution in [3.63, 3.8) is 0 Å². The largest absolute Gasteiger partial charge is 0.459 e. The Morgan fingerprint density at radius 3 is 2.33 bits per heavy atom. The molecule has 2 saturated heterocycles. The van der Waals surface area contributed by atoms with E-state index < -0.39 is 27.1 Å². The van der Waals surface area contributed by atoms with E-state index >= 15 is 0 Å². The van der Waals surface area contributed by atoms with Crippen LogP contribution in [0.5, 0.6) is 5.75 Å². The summed E-state index contributed by atoms with van der Waals surface area (Å²) in [4.78, 5) is 27.1. The lowest BCUT2D eigenvalue weighted by molar-refractivity contribution is -0.202. The maximum Gasteiger partial charge on any atom is 0.339 e. The van der Waals surface area contributed by atoms with Crippen molar-refractivity contribution in [3.05, 3.63) is 82.5 Å². The van der Waals surface area contributed by atoms with E-state index in [9.17, 15) is 18.0 Å². The second-order valence-corrected chi connectivity index (χ2v) is 17.3. The number of allylic oxidation sites excluding steroid dienone is 2. The van der Waals surface area contributed by atoms with Crippen LogP contribution < -0.4 is 4.18 Å². The van der Waals surface area contributed by atoms with Crippen molar-refractivity contribution in [1.29, 1.82) is 0 Å². The molecule has 0 amide bonds. The van der Waals surface area contributed by atoms with Gasteiger partial charge in [0.2, 0.25) is 0 Å². The van der Waals surface area contributed by atoms with Gasteiger partial charge >= 0.3 is 16.1 Å². The van der Waals surface area contributed by atoms with Gasteiger partial charge in [-0.15, -0.1) is 0 Å². The van der Waals surface area contributed by atoms with Crippen LogP contribution in [0.15, 0.2) is 70.7 Å². The van der Waals surface area contributed by atoms with Crippen molar-refractivity contribution in [2.45, 2.75) is 116 Å². The summed E-state index contributed by atoms with van der Waals surface area (Å²) in [6.45, 7) is 16.5. The van der Waals surface area contributed by atoms with Gasteiger partial charge in [-0.25, -0.2) is 0 Å². The van der Waals surface area contributed by atoms with Crippen LogP contribution in [-0.4, -0.2) is 38.5 Å². The zero-order valence-corrected chi connectivity index (χ0v) is 30.1. The number of hydrogen-bond donors (Lipinski definition) is 0. The number of benzene rings is 2. The van der Waals surface area contributed by atoms with E-state index in [1.54, 1.807) is 30.4 Å². The highest BCUT2D eigenvalue weighted by molar-refractivity contribution is 7.87. The summed E-state index contributed by atoms with van der Waals surface area (Å²) in [7, 11) is -4.04. The Labute approximate surface area is 285 Å². The maximum absolute atomic E-state index is 13.6. The summed E-state index contributed by atoms with van der Waals surface area (Å²) >= 11 is 0. The van der Waals surface area contributed by atoms with Gasteiger partial charge in [-0.1, -0.05) is 83.9 Å². The van der Waals surface area contributed by atoms with Crippen molar-refractivity contribution >= 4 is 21.9 Å². The first-order chi connectivity index (χ1) is 22.6. The first-order valence-corrected chi connectivity index (χ1v) is 19.0. The average Bonchev–Trinajstić information content (AvgIpc) is 3.51. The van der Waals surface area contributed by atoms with E-state index in [1.807, 2.05) is 45.0 Å². The molecule has 0 N–H and O–H groups in total. The fourth-order valence-corrected chi connectivity index (χ4v) is 11.3. The molecule has 0 bridgehead atoms. The SMILES string of the molecule is CC[C@H]1[C@@H]2CC3=C(C)[C@@H](c4ccc(OS(=O)(=O)c5ccc(C(C)C)cc5C(C)C)cc4)C[C@@H]3O[C@@H]2[C@@H]2OC(=O)[C@]3(C)C=CC(=O)[C@@]1(C)[C@@H]23. The van der Waals surface area contributed by atoms with Gasteiger partial charge in [0, 0.05) is 17.3 Å². The highest BCUT2D eigenvalue weighted by atomic mass is 32.2. The molecule has 48 heavy (non-hydrogen) atoms. The summed E-state index contributed by atoms with van der Waals surface area (Å²) in [5, 5.41) is 0. The van der Waals surface area contributed by atoms with Crippen molar-refractivity contribution < 1.29 is 31.7 Å². The Bertz CT molecular complexity index is 1840. The Morgan fingerprint density at radius 1 is 0.979 bits per heavy atom. The molecule has 5 aliphatic rings. The predicted octanol–water partition coefficient (Wildman–Crippen LogP) is 8.01. The summed E-state index contributed by atoms with van der Waals surface area (Å²) in [5.41, 5.74) is 3.94. The molecule has 2 aliphatic heterocycles. The van der Waals surface area contributed by atoms with Gasteiger partial charge in [0.1, 0.15) is 16.7 Å². The monoisotopic (exact) mass is 672 g/mol. The van der Waals surface area contributed by atoms with Crippen molar-refractivity contribution in [2.24, 2.45) is 28.6 Å². The minimum absolute atomic E-state index is 0.0225. The molecule has 7 rings (SSSR count). The summed E-state index contributed by atoms with van der Waals surface area (Å²) in [6, 6.07) is 12.9. The van der Waals surface area contributed by atoms with Crippen LogP contribution in [0.2, 0.25) is 0 Å². The Kier molecular flexibility index (Phi) is 7.91. The summed E-state index contributed by atoms with van der Waals surface area (Å²) < 4.78 is 45.7. The Hall–Kier alpha value is -3.23. The summed E-state index contributed by atoms with van der Waals surface area (Å²) in [6.07, 6.45) is 4.97. The number of hydrogen-bond acceptors (Lipinski definition) is 7. The molecular formula is C40H48O7S. The zero-order chi connectivity index (χ0) is 34.5. The average molecular weight is 673 g/mol. The second kappa shape index (κ2) is 11.4. The number of esters is 1. The van der Waals surface area contributed by atoms with Gasteiger partial charge in [0.25, 0.3) is 0 Å². The normalized spacial score (nSPS) is 35.5. The lowest BCUT2D eigenvalue weighted by Gasteiger charge is -2.58. The number of carbonyl (C=O) groups excluding carboxylic acids is 2. The van der Waals surface area contributed by atoms with Gasteiger partial charge in [-0.3, -0.25) is 9.59 Å². The van der Waals surface area contributed by atoms with Gasteiger partial charge in [-0.05, 0) is 96.9 Å². The fourth-order valence-electron chi connectivity index (χ4n) is 10.1. The molecular weight excluding hydrogens is 625 g/mol. The number of ketones is 1. The molecule has 8 heteroatoms. The van der Waals surface area contributed by atoms with Crippen LogP contribution in [0, 0.1) is 28.6 Å². The van der Waals surface area contributed by atoms with Crippen LogP contribution in [0.1, 0.15) is 109 Å². The molecule has 2 aromatic carbocycles. The van der Waals surface area contributed by atoms with Crippen LogP contribution in [0.4, 0.5) is 0 Å². The second-order valence-electron chi connectivity index (χ2n) is 15.8.